The second kappa shape index (κ2) is 7.16. The van der Waals surface area contributed by atoms with Crippen LogP contribution in [0, 0.1) is 0 Å². The Balaban J connectivity index is 2.42. The van der Waals surface area contributed by atoms with Crippen LogP contribution in [-0.4, -0.2) is 30.3 Å². The molecule has 0 unspecified atom stereocenters. The van der Waals surface area contributed by atoms with Crippen LogP contribution in [-0.2, 0) is 4.79 Å². The van der Waals surface area contributed by atoms with Crippen LogP contribution in [0.5, 0.6) is 5.75 Å². The summed E-state index contributed by atoms with van der Waals surface area (Å²) < 4.78 is 5.39. The molecule has 1 aromatic carbocycles. The van der Waals surface area contributed by atoms with Crippen LogP contribution < -0.4 is 15.4 Å². The van der Waals surface area contributed by atoms with Crippen LogP contribution in [0.15, 0.2) is 24.3 Å². The summed E-state index contributed by atoms with van der Waals surface area (Å²) in [6.07, 6.45) is 0.928. The molecule has 0 aliphatic rings. The highest BCUT2D eigenvalue weighted by Crippen LogP contribution is 2.15. The number of benzene rings is 1. The maximum Gasteiger partial charge on any atom is 0.323 e. The molecular formula is C12H16N2O4. The molecule has 18 heavy (non-hydrogen) atoms. The third-order valence-electron chi connectivity index (χ3n) is 1.99. The molecule has 0 aliphatic heterocycles. The molecule has 0 bridgehead atoms. The molecular weight excluding hydrogens is 236 g/mol. The molecule has 1 rings (SSSR count). The van der Waals surface area contributed by atoms with Crippen molar-refractivity contribution >= 4 is 17.7 Å². The smallest absolute Gasteiger partial charge is 0.323 e. The van der Waals surface area contributed by atoms with Crippen molar-refractivity contribution in [3.63, 3.8) is 0 Å². The summed E-state index contributed by atoms with van der Waals surface area (Å²) in [7, 11) is 0. The monoisotopic (exact) mass is 252 g/mol. The number of aliphatic carboxylic acids is 1. The summed E-state index contributed by atoms with van der Waals surface area (Å²) in [4.78, 5) is 21.5. The van der Waals surface area contributed by atoms with Gasteiger partial charge >= 0.3 is 12.0 Å². The Bertz CT molecular complexity index is 403. The van der Waals surface area contributed by atoms with Crippen molar-refractivity contribution in [2.24, 2.45) is 0 Å². The van der Waals surface area contributed by atoms with Gasteiger partial charge in [0.25, 0.3) is 0 Å². The maximum absolute atomic E-state index is 11.3. The van der Waals surface area contributed by atoms with Gasteiger partial charge in [-0.1, -0.05) is 6.92 Å². The van der Waals surface area contributed by atoms with Crippen molar-refractivity contribution in [2.45, 2.75) is 13.3 Å². The van der Waals surface area contributed by atoms with Crippen molar-refractivity contribution in [3.8, 4) is 5.75 Å². The quantitative estimate of drug-likeness (QED) is 0.718. The van der Waals surface area contributed by atoms with Crippen molar-refractivity contribution in [1.82, 2.24) is 5.32 Å². The van der Waals surface area contributed by atoms with E-state index >= 15 is 0 Å². The molecule has 2 amide bonds. The fourth-order valence-electron chi connectivity index (χ4n) is 1.19. The third-order valence-corrected chi connectivity index (χ3v) is 1.99. The molecule has 0 heterocycles. The van der Waals surface area contributed by atoms with E-state index in [9.17, 15) is 9.59 Å². The zero-order valence-electron chi connectivity index (χ0n) is 10.1. The molecule has 0 saturated heterocycles. The minimum absolute atomic E-state index is 0.413. The summed E-state index contributed by atoms with van der Waals surface area (Å²) >= 11 is 0. The largest absolute Gasteiger partial charge is 0.494 e. The van der Waals surface area contributed by atoms with Crippen molar-refractivity contribution in [2.75, 3.05) is 18.5 Å². The summed E-state index contributed by atoms with van der Waals surface area (Å²) in [5.74, 6) is -0.359. The number of anilines is 1. The number of carboxylic acids is 1. The molecule has 0 spiro atoms. The fourth-order valence-corrected chi connectivity index (χ4v) is 1.19. The zero-order valence-corrected chi connectivity index (χ0v) is 10.1. The van der Waals surface area contributed by atoms with E-state index in [1.54, 1.807) is 24.3 Å². The Morgan fingerprint density at radius 3 is 2.50 bits per heavy atom. The van der Waals surface area contributed by atoms with Gasteiger partial charge in [0.1, 0.15) is 12.3 Å². The number of hydrogen-bond donors (Lipinski definition) is 3. The van der Waals surface area contributed by atoms with Crippen molar-refractivity contribution < 1.29 is 19.4 Å². The fraction of sp³-hybridized carbons (Fsp3) is 0.333. The van der Waals surface area contributed by atoms with Crippen molar-refractivity contribution in [3.05, 3.63) is 24.3 Å². The van der Waals surface area contributed by atoms with E-state index in [1.807, 2.05) is 6.92 Å². The lowest BCUT2D eigenvalue weighted by molar-refractivity contribution is -0.135. The summed E-state index contributed by atoms with van der Waals surface area (Å²) in [5.41, 5.74) is 0.571. The molecule has 6 heteroatoms. The average molecular weight is 252 g/mol. The Morgan fingerprint density at radius 1 is 1.28 bits per heavy atom. The standard InChI is InChI=1S/C12H16N2O4/c1-2-7-18-10-5-3-9(4-6-10)14-12(17)13-8-11(15)16/h3-6H,2,7-8H2,1H3,(H,15,16)(H2,13,14,17). The molecule has 0 radical (unpaired) electrons. The van der Waals surface area contributed by atoms with E-state index in [0.717, 1.165) is 12.2 Å². The Morgan fingerprint density at radius 2 is 1.94 bits per heavy atom. The van der Waals surface area contributed by atoms with Crippen LogP contribution in [0.1, 0.15) is 13.3 Å². The summed E-state index contributed by atoms with van der Waals surface area (Å²) in [6.45, 7) is 2.25. The highest BCUT2D eigenvalue weighted by molar-refractivity contribution is 5.91. The normalized spacial score (nSPS) is 9.61. The van der Waals surface area contributed by atoms with Crippen LogP contribution in [0.2, 0.25) is 0 Å². The molecule has 98 valence electrons. The lowest BCUT2D eigenvalue weighted by Crippen LogP contribution is -2.33. The topological polar surface area (TPSA) is 87.7 Å². The Labute approximate surface area is 105 Å². The molecule has 0 saturated carbocycles. The van der Waals surface area contributed by atoms with E-state index in [0.29, 0.717) is 12.3 Å². The van der Waals surface area contributed by atoms with Gasteiger partial charge in [0.05, 0.1) is 6.61 Å². The first-order valence-electron chi connectivity index (χ1n) is 5.61. The van der Waals surface area contributed by atoms with Gasteiger partial charge in [0.15, 0.2) is 0 Å². The Hall–Kier alpha value is -2.24. The van der Waals surface area contributed by atoms with Gasteiger partial charge in [-0.05, 0) is 30.7 Å². The highest BCUT2D eigenvalue weighted by Gasteiger charge is 2.03. The zero-order chi connectivity index (χ0) is 13.4. The number of carbonyl (C=O) groups excluding carboxylic acids is 1. The predicted molar refractivity (Wildman–Crippen MR) is 66.9 cm³/mol. The first-order chi connectivity index (χ1) is 8.61. The maximum atomic E-state index is 11.3. The number of hydrogen-bond acceptors (Lipinski definition) is 3. The third kappa shape index (κ3) is 5.20. The molecule has 1 aromatic rings. The summed E-state index contributed by atoms with van der Waals surface area (Å²) in [5, 5.41) is 13.1. The molecule has 0 aliphatic carbocycles. The van der Waals surface area contributed by atoms with Gasteiger partial charge in [-0.15, -0.1) is 0 Å². The predicted octanol–water partition coefficient (Wildman–Crippen LogP) is 1.68. The summed E-state index contributed by atoms with van der Waals surface area (Å²) in [6, 6.07) is 6.29. The van der Waals surface area contributed by atoms with Crippen LogP contribution in [0.4, 0.5) is 10.5 Å². The first-order valence-corrected chi connectivity index (χ1v) is 5.61. The average Bonchev–Trinajstić information content (AvgIpc) is 2.35. The number of rotatable bonds is 6. The van der Waals surface area contributed by atoms with E-state index in [2.05, 4.69) is 10.6 Å². The van der Waals surface area contributed by atoms with Gasteiger partial charge in [-0.25, -0.2) is 4.79 Å². The number of carbonyl (C=O) groups is 2. The minimum atomic E-state index is -1.09. The number of amides is 2. The molecule has 0 atom stereocenters. The van der Waals surface area contributed by atoms with E-state index < -0.39 is 18.5 Å². The van der Waals surface area contributed by atoms with E-state index in [4.69, 9.17) is 9.84 Å². The van der Waals surface area contributed by atoms with E-state index in [-0.39, 0.29) is 0 Å². The van der Waals surface area contributed by atoms with E-state index in [1.165, 1.54) is 0 Å². The first kappa shape index (κ1) is 13.8. The SMILES string of the molecule is CCCOc1ccc(NC(=O)NCC(=O)O)cc1. The number of urea groups is 1. The lowest BCUT2D eigenvalue weighted by Gasteiger charge is -2.07. The second-order valence-electron chi connectivity index (χ2n) is 3.57. The van der Waals surface area contributed by atoms with Gasteiger partial charge in [0.2, 0.25) is 0 Å². The van der Waals surface area contributed by atoms with Gasteiger partial charge in [-0.2, -0.15) is 0 Å². The highest BCUT2D eigenvalue weighted by atomic mass is 16.5. The van der Waals surface area contributed by atoms with Crippen LogP contribution in [0.25, 0.3) is 0 Å². The van der Waals surface area contributed by atoms with Gasteiger partial charge in [-0.3, -0.25) is 4.79 Å². The minimum Gasteiger partial charge on any atom is -0.494 e. The molecule has 0 aromatic heterocycles. The second-order valence-corrected chi connectivity index (χ2v) is 3.57. The Kier molecular flexibility index (Phi) is 5.50. The molecule has 6 nitrogen and oxygen atoms in total. The number of ether oxygens (including phenoxy) is 1. The van der Waals surface area contributed by atoms with Crippen molar-refractivity contribution in [1.29, 1.82) is 0 Å². The number of carboxylic acid groups (broad SMARTS) is 1. The molecule has 3 N–H and O–H groups in total. The van der Waals surface area contributed by atoms with Crippen LogP contribution >= 0.6 is 0 Å². The number of nitrogens with one attached hydrogen (secondary N) is 2. The van der Waals surface area contributed by atoms with Gasteiger partial charge < -0.3 is 20.5 Å². The van der Waals surface area contributed by atoms with Crippen LogP contribution in [0.3, 0.4) is 0 Å². The van der Waals surface area contributed by atoms with Gasteiger partial charge in [0, 0.05) is 5.69 Å². The lowest BCUT2D eigenvalue weighted by atomic mass is 10.3. The molecule has 0 fully saturated rings.